The number of benzene rings is 2. The van der Waals surface area contributed by atoms with Crippen LogP contribution in [0.15, 0.2) is 42.5 Å². The molecule has 2 aromatic rings. The summed E-state index contributed by atoms with van der Waals surface area (Å²) >= 11 is 0. The molecule has 4 nitrogen and oxygen atoms in total. The first-order chi connectivity index (χ1) is 10.6. The standard InChI is InChI=1S/C18H20O4/c1-13-5-3-6-15(11-13)21-9-4-10-22-16-8-7-14(2)17(12-16)18(19)20/h3,5-8,11-12H,4,9-10H2,1-2H3,(H,19,20). The molecule has 0 saturated carbocycles. The molecule has 4 heteroatoms. The van der Waals surface area contributed by atoms with Crippen LogP contribution in [0.2, 0.25) is 0 Å². The molecular formula is C18H20O4. The molecule has 22 heavy (non-hydrogen) atoms. The van der Waals surface area contributed by atoms with Crippen LogP contribution >= 0.6 is 0 Å². The molecule has 0 radical (unpaired) electrons. The fourth-order valence-corrected chi connectivity index (χ4v) is 2.07. The Bertz CT molecular complexity index is 649. The van der Waals surface area contributed by atoms with Crippen molar-refractivity contribution in [2.24, 2.45) is 0 Å². The van der Waals surface area contributed by atoms with Crippen LogP contribution in [-0.4, -0.2) is 24.3 Å². The van der Waals surface area contributed by atoms with Gasteiger partial charge in [-0.05, 0) is 49.2 Å². The molecule has 0 unspecified atom stereocenters. The first-order valence-electron chi connectivity index (χ1n) is 7.22. The van der Waals surface area contributed by atoms with Crippen LogP contribution in [-0.2, 0) is 0 Å². The smallest absolute Gasteiger partial charge is 0.336 e. The summed E-state index contributed by atoms with van der Waals surface area (Å²) in [6.07, 6.45) is 0.726. The van der Waals surface area contributed by atoms with Crippen LogP contribution in [0.3, 0.4) is 0 Å². The maximum absolute atomic E-state index is 11.1. The predicted molar refractivity (Wildman–Crippen MR) is 84.9 cm³/mol. The minimum atomic E-state index is -0.939. The van der Waals surface area contributed by atoms with E-state index in [0.717, 1.165) is 23.3 Å². The zero-order chi connectivity index (χ0) is 15.9. The van der Waals surface area contributed by atoms with Crippen LogP contribution < -0.4 is 9.47 Å². The van der Waals surface area contributed by atoms with Crippen molar-refractivity contribution in [2.75, 3.05) is 13.2 Å². The lowest BCUT2D eigenvalue weighted by Gasteiger charge is -2.09. The molecule has 0 aromatic heterocycles. The first-order valence-corrected chi connectivity index (χ1v) is 7.22. The molecular weight excluding hydrogens is 280 g/mol. The van der Waals surface area contributed by atoms with Crippen molar-refractivity contribution in [1.82, 2.24) is 0 Å². The van der Waals surface area contributed by atoms with E-state index in [1.54, 1.807) is 25.1 Å². The van der Waals surface area contributed by atoms with E-state index in [1.165, 1.54) is 0 Å². The average Bonchev–Trinajstić information content (AvgIpc) is 2.48. The summed E-state index contributed by atoms with van der Waals surface area (Å²) in [5.41, 5.74) is 2.16. The van der Waals surface area contributed by atoms with Gasteiger partial charge in [0.2, 0.25) is 0 Å². The lowest BCUT2D eigenvalue weighted by Crippen LogP contribution is -2.06. The van der Waals surface area contributed by atoms with Gasteiger partial charge in [0.05, 0.1) is 18.8 Å². The maximum atomic E-state index is 11.1. The van der Waals surface area contributed by atoms with Crippen molar-refractivity contribution < 1.29 is 19.4 Å². The van der Waals surface area contributed by atoms with Gasteiger partial charge >= 0.3 is 5.97 Å². The summed E-state index contributed by atoms with van der Waals surface area (Å²) in [5.74, 6) is 0.479. The third-order valence-corrected chi connectivity index (χ3v) is 3.26. The highest BCUT2D eigenvalue weighted by molar-refractivity contribution is 5.89. The van der Waals surface area contributed by atoms with E-state index in [0.29, 0.717) is 19.0 Å². The largest absolute Gasteiger partial charge is 0.493 e. The van der Waals surface area contributed by atoms with Crippen LogP contribution in [0, 0.1) is 13.8 Å². The predicted octanol–water partition coefficient (Wildman–Crippen LogP) is 3.85. The second-order valence-electron chi connectivity index (χ2n) is 5.15. The summed E-state index contributed by atoms with van der Waals surface area (Å²) in [5, 5.41) is 9.07. The van der Waals surface area contributed by atoms with Gasteiger partial charge in [-0.15, -0.1) is 0 Å². The highest BCUT2D eigenvalue weighted by Crippen LogP contribution is 2.18. The number of carbonyl (C=O) groups is 1. The van der Waals surface area contributed by atoms with Gasteiger partial charge in [0, 0.05) is 6.42 Å². The summed E-state index contributed by atoms with van der Waals surface area (Å²) in [4.78, 5) is 11.1. The van der Waals surface area contributed by atoms with E-state index in [1.807, 2.05) is 31.2 Å². The molecule has 0 saturated heterocycles. The second kappa shape index (κ2) is 7.50. The van der Waals surface area contributed by atoms with Crippen molar-refractivity contribution in [1.29, 1.82) is 0 Å². The van der Waals surface area contributed by atoms with E-state index in [2.05, 4.69) is 0 Å². The van der Waals surface area contributed by atoms with Gasteiger partial charge in [-0.1, -0.05) is 18.2 Å². The van der Waals surface area contributed by atoms with Crippen molar-refractivity contribution in [3.63, 3.8) is 0 Å². The lowest BCUT2D eigenvalue weighted by molar-refractivity contribution is 0.0695. The maximum Gasteiger partial charge on any atom is 0.336 e. The Morgan fingerprint density at radius 2 is 1.68 bits per heavy atom. The van der Waals surface area contributed by atoms with E-state index >= 15 is 0 Å². The Morgan fingerprint density at radius 3 is 2.32 bits per heavy atom. The SMILES string of the molecule is Cc1cccc(OCCCOc2ccc(C)c(C(=O)O)c2)c1. The molecule has 0 aliphatic carbocycles. The topological polar surface area (TPSA) is 55.8 Å². The number of carboxylic acids is 1. The fraction of sp³-hybridized carbons (Fsp3) is 0.278. The number of hydrogen-bond acceptors (Lipinski definition) is 3. The normalized spacial score (nSPS) is 10.3. The first kappa shape index (κ1) is 15.9. The summed E-state index contributed by atoms with van der Waals surface area (Å²) in [7, 11) is 0. The van der Waals surface area contributed by atoms with Gasteiger partial charge in [0.1, 0.15) is 11.5 Å². The number of carboxylic acid groups (broad SMARTS) is 1. The molecule has 0 atom stereocenters. The molecule has 0 spiro atoms. The van der Waals surface area contributed by atoms with Gasteiger partial charge in [0.25, 0.3) is 0 Å². The van der Waals surface area contributed by atoms with E-state index in [9.17, 15) is 4.79 Å². The van der Waals surface area contributed by atoms with Gasteiger partial charge in [0.15, 0.2) is 0 Å². The van der Waals surface area contributed by atoms with Crippen molar-refractivity contribution in [3.05, 3.63) is 59.2 Å². The third kappa shape index (κ3) is 4.52. The van der Waals surface area contributed by atoms with Gasteiger partial charge < -0.3 is 14.6 Å². The Balaban J connectivity index is 1.77. The second-order valence-corrected chi connectivity index (χ2v) is 5.15. The Morgan fingerprint density at radius 1 is 1.00 bits per heavy atom. The number of ether oxygens (including phenoxy) is 2. The van der Waals surface area contributed by atoms with Crippen molar-refractivity contribution in [2.45, 2.75) is 20.3 Å². The molecule has 0 bridgehead atoms. The summed E-state index contributed by atoms with van der Waals surface area (Å²) in [6.45, 7) is 4.82. The molecule has 0 heterocycles. The van der Waals surface area contributed by atoms with E-state index in [4.69, 9.17) is 14.6 Å². The summed E-state index contributed by atoms with van der Waals surface area (Å²) in [6, 6.07) is 13.0. The highest BCUT2D eigenvalue weighted by Gasteiger charge is 2.08. The van der Waals surface area contributed by atoms with Gasteiger partial charge in [-0.3, -0.25) is 0 Å². The lowest BCUT2D eigenvalue weighted by atomic mass is 10.1. The van der Waals surface area contributed by atoms with Crippen LogP contribution in [0.5, 0.6) is 11.5 Å². The van der Waals surface area contributed by atoms with Crippen molar-refractivity contribution in [3.8, 4) is 11.5 Å². The molecule has 2 rings (SSSR count). The fourth-order valence-electron chi connectivity index (χ4n) is 2.07. The Labute approximate surface area is 130 Å². The van der Waals surface area contributed by atoms with Crippen LogP contribution in [0.1, 0.15) is 27.9 Å². The van der Waals surface area contributed by atoms with Crippen LogP contribution in [0.25, 0.3) is 0 Å². The van der Waals surface area contributed by atoms with Crippen molar-refractivity contribution >= 4 is 5.97 Å². The molecule has 0 fully saturated rings. The third-order valence-electron chi connectivity index (χ3n) is 3.26. The Kier molecular flexibility index (Phi) is 5.42. The quantitative estimate of drug-likeness (QED) is 0.789. The molecule has 116 valence electrons. The monoisotopic (exact) mass is 300 g/mol. The summed E-state index contributed by atoms with van der Waals surface area (Å²) < 4.78 is 11.2. The van der Waals surface area contributed by atoms with Gasteiger partial charge in [-0.2, -0.15) is 0 Å². The molecule has 2 aromatic carbocycles. The number of rotatable bonds is 7. The molecule has 0 amide bonds. The van der Waals surface area contributed by atoms with Crippen LogP contribution in [0.4, 0.5) is 0 Å². The minimum Gasteiger partial charge on any atom is -0.493 e. The molecule has 0 aliphatic rings. The molecule has 1 N–H and O–H groups in total. The van der Waals surface area contributed by atoms with E-state index < -0.39 is 5.97 Å². The molecule has 0 aliphatic heterocycles. The number of aromatic carboxylic acids is 1. The Hall–Kier alpha value is -2.49. The average molecular weight is 300 g/mol. The minimum absolute atomic E-state index is 0.272. The number of aryl methyl sites for hydroxylation is 2. The van der Waals surface area contributed by atoms with E-state index in [-0.39, 0.29) is 5.56 Å². The zero-order valence-electron chi connectivity index (χ0n) is 12.8. The highest BCUT2D eigenvalue weighted by atomic mass is 16.5. The zero-order valence-corrected chi connectivity index (χ0v) is 12.8. The number of hydrogen-bond donors (Lipinski definition) is 1. The van der Waals surface area contributed by atoms with Gasteiger partial charge in [-0.25, -0.2) is 4.79 Å².